The van der Waals surface area contributed by atoms with E-state index in [0.717, 1.165) is 11.1 Å². The highest BCUT2D eigenvalue weighted by Crippen LogP contribution is 2.38. The largest absolute Gasteiger partial charge is 0.295 e. The molecule has 20 heavy (non-hydrogen) atoms. The van der Waals surface area contributed by atoms with E-state index in [9.17, 15) is 13.2 Å². The van der Waals surface area contributed by atoms with Gasteiger partial charge in [-0.1, -0.05) is 17.7 Å². The molecule has 0 amide bonds. The molecule has 0 bridgehead atoms. The molecule has 1 aliphatic carbocycles. The summed E-state index contributed by atoms with van der Waals surface area (Å²) >= 11 is 0. The zero-order chi connectivity index (χ0) is 14.5. The molecule has 0 saturated carbocycles. The number of carbonyl (C=O) groups excluding carboxylic acids is 1. The van der Waals surface area contributed by atoms with Gasteiger partial charge in [-0.3, -0.25) is 4.79 Å². The van der Waals surface area contributed by atoms with Crippen molar-refractivity contribution in [2.24, 2.45) is 5.92 Å². The first kappa shape index (κ1) is 13.5. The van der Waals surface area contributed by atoms with E-state index in [-0.39, 0.29) is 17.7 Å². The molecule has 1 heterocycles. The van der Waals surface area contributed by atoms with Crippen LogP contribution in [0.2, 0.25) is 0 Å². The van der Waals surface area contributed by atoms with Gasteiger partial charge in [0.2, 0.25) is 10.0 Å². The van der Waals surface area contributed by atoms with E-state index in [0.29, 0.717) is 17.9 Å². The summed E-state index contributed by atoms with van der Waals surface area (Å²) in [5.41, 5.74) is 1.99. The third-order valence-corrected chi connectivity index (χ3v) is 6.14. The second kappa shape index (κ2) is 4.53. The average molecular weight is 291 g/mol. The van der Waals surface area contributed by atoms with E-state index in [1.165, 1.54) is 4.31 Å². The molecule has 106 valence electrons. The van der Waals surface area contributed by atoms with Gasteiger partial charge in [0.15, 0.2) is 5.78 Å². The molecule has 1 fully saturated rings. The van der Waals surface area contributed by atoms with Gasteiger partial charge in [-0.2, -0.15) is 4.31 Å². The van der Waals surface area contributed by atoms with E-state index in [1.54, 1.807) is 30.3 Å². The van der Waals surface area contributed by atoms with Crippen molar-refractivity contribution in [2.45, 2.75) is 31.2 Å². The van der Waals surface area contributed by atoms with Gasteiger partial charge >= 0.3 is 0 Å². The number of ketones is 1. The van der Waals surface area contributed by atoms with Crippen LogP contribution in [0.4, 0.5) is 0 Å². The van der Waals surface area contributed by atoms with Crippen LogP contribution in [0.3, 0.4) is 0 Å². The van der Waals surface area contributed by atoms with Crippen LogP contribution in [0.1, 0.15) is 18.9 Å². The van der Waals surface area contributed by atoms with Gasteiger partial charge in [-0.05, 0) is 37.6 Å². The monoisotopic (exact) mass is 291 g/mol. The first-order valence-electron chi connectivity index (χ1n) is 6.72. The number of allylic oxidation sites excluding steroid dienone is 1. The Morgan fingerprint density at radius 2 is 1.85 bits per heavy atom. The molecular formula is C15H17NO3S. The summed E-state index contributed by atoms with van der Waals surface area (Å²) in [5.74, 6) is 0.182. The summed E-state index contributed by atoms with van der Waals surface area (Å²) in [6.07, 6.45) is 2.07. The summed E-state index contributed by atoms with van der Waals surface area (Å²) in [5, 5.41) is 0. The minimum absolute atomic E-state index is 0.0673. The van der Waals surface area contributed by atoms with Crippen molar-refractivity contribution in [2.75, 3.05) is 6.54 Å². The predicted octanol–water partition coefficient (Wildman–Crippen LogP) is 1.90. The fourth-order valence-corrected chi connectivity index (χ4v) is 4.71. The summed E-state index contributed by atoms with van der Waals surface area (Å²) < 4.78 is 26.9. The zero-order valence-electron chi connectivity index (χ0n) is 11.5. The molecule has 5 heteroatoms. The third-order valence-electron chi connectivity index (χ3n) is 4.19. The Bertz CT molecular complexity index is 688. The number of hydrogen-bond donors (Lipinski definition) is 0. The van der Waals surface area contributed by atoms with Crippen LogP contribution < -0.4 is 0 Å². The summed E-state index contributed by atoms with van der Waals surface area (Å²) in [4.78, 5) is 11.7. The Hall–Kier alpha value is -1.46. The summed E-state index contributed by atoms with van der Waals surface area (Å²) in [7, 11) is -3.48. The lowest BCUT2D eigenvalue weighted by molar-refractivity contribution is -0.114. The number of fused-ring (bicyclic) bond motifs is 1. The molecular weight excluding hydrogens is 274 g/mol. The average Bonchev–Trinajstić information content (AvgIpc) is 2.89. The highest BCUT2D eigenvalue weighted by atomic mass is 32.2. The van der Waals surface area contributed by atoms with Gasteiger partial charge < -0.3 is 0 Å². The Balaban J connectivity index is 1.95. The molecule has 1 saturated heterocycles. The molecule has 1 aliphatic heterocycles. The predicted molar refractivity (Wildman–Crippen MR) is 75.7 cm³/mol. The fourth-order valence-electron chi connectivity index (χ4n) is 3.05. The van der Waals surface area contributed by atoms with Crippen molar-refractivity contribution in [3.8, 4) is 0 Å². The van der Waals surface area contributed by atoms with Gasteiger partial charge in [0.05, 0.1) is 4.90 Å². The molecule has 0 spiro atoms. The SMILES string of the molecule is Cc1ccc(S(=O)(=O)N2C[C@H]3CC(=O)C=C3[C@@H]2C)cc1. The van der Waals surface area contributed by atoms with E-state index >= 15 is 0 Å². The topological polar surface area (TPSA) is 54.5 Å². The number of benzene rings is 1. The van der Waals surface area contributed by atoms with E-state index < -0.39 is 10.0 Å². The van der Waals surface area contributed by atoms with E-state index in [4.69, 9.17) is 0 Å². The first-order chi connectivity index (χ1) is 9.39. The first-order valence-corrected chi connectivity index (χ1v) is 8.16. The minimum Gasteiger partial charge on any atom is -0.295 e. The quantitative estimate of drug-likeness (QED) is 0.836. The molecule has 0 radical (unpaired) electrons. The minimum atomic E-state index is -3.48. The summed E-state index contributed by atoms with van der Waals surface area (Å²) in [6, 6.07) is 6.67. The highest BCUT2D eigenvalue weighted by molar-refractivity contribution is 7.89. The van der Waals surface area contributed by atoms with Crippen LogP contribution in [0.25, 0.3) is 0 Å². The summed E-state index contributed by atoms with van der Waals surface area (Å²) in [6.45, 7) is 4.20. The number of rotatable bonds is 2. The number of hydrogen-bond acceptors (Lipinski definition) is 3. The molecule has 2 atom stereocenters. The van der Waals surface area contributed by atoms with Gasteiger partial charge in [-0.25, -0.2) is 8.42 Å². The maximum Gasteiger partial charge on any atom is 0.243 e. The van der Waals surface area contributed by atoms with E-state index in [1.807, 2.05) is 13.8 Å². The zero-order valence-corrected chi connectivity index (χ0v) is 12.4. The van der Waals surface area contributed by atoms with Crippen molar-refractivity contribution in [3.63, 3.8) is 0 Å². The van der Waals surface area contributed by atoms with Crippen molar-refractivity contribution in [3.05, 3.63) is 41.5 Å². The van der Waals surface area contributed by atoms with Crippen molar-refractivity contribution in [1.82, 2.24) is 4.31 Å². The van der Waals surface area contributed by atoms with Gasteiger partial charge in [0.25, 0.3) is 0 Å². The van der Waals surface area contributed by atoms with Crippen LogP contribution in [0.15, 0.2) is 40.8 Å². The molecule has 2 aliphatic rings. The Morgan fingerprint density at radius 1 is 1.20 bits per heavy atom. The molecule has 1 aromatic rings. The standard InChI is InChI=1S/C15H17NO3S/c1-10-3-5-14(6-4-10)20(18,19)16-9-12-7-13(17)8-15(12)11(16)2/h3-6,8,11-12H,7,9H2,1-2H3/t11-,12+/m0/s1. The van der Waals surface area contributed by atoms with Crippen LogP contribution in [-0.2, 0) is 14.8 Å². The lowest BCUT2D eigenvalue weighted by Crippen LogP contribution is -2.34. The fraction of sp³-hybridized carbons (Fsp3) is 0.400. The maximum absolute atomic E-state index is 12.7. The molecule has 3 rings (SSSR count). The van der Waals surface area contributed by atoms with Crippen LogP contribution in [-0.4, -0.2) is 31.1 Å². The van der Waals surface area contributed by atoms with Crippen molar-refractivity contribution < 1.29 is 13.2 Å². The lowest BCUT2D eigenvalue weighted by Gasteiger charge is -2.21. The van der Waals surface area contributed by atoms with Gasteiger partial charge in [-0.15, -0.1) is 0 Å². The Labute approximate surface area is 119 Å². The number of carbonyl (C=O) groups is 1. The van der Waals surface area contributed by atoms with Gasteiger partial charge in [0.1, 0.15) is 0 Å². The van der Waals surface area contributed by atoms with Crippen LogP contribution >= 0.6 is 0 Å². The molecule has 4 nitrogen and oxygen atoms in total. The van der Waals surface area contributed by atoms with Crippen LogP contribution in [0, 0.1) is 12.8 Å². The second-order valence-corrected chi connectivity index (χ2v) is 7.47. The smallest absolute Gasteiger partial charge is 0.243 e. The third kappa shape index (κ3) is 2.01. The van der Waals surface area contributed by atoms with Crippen molar-refractivity contribution in [1.29, 1.82) is 0 Å². The number of aryl methyl sites for hydroxylation is 1. The highest BCUT2D eigenvalue weighted by Gasteiger charge is 2.44. The molecule has 0 N–H and O–H groups in total. The van der Waals surface area contributed by atoms with E-state index in [2.05, 4.69) is 0 Å². The maximum atomic E-state index is 12.7. The second-order valence-electron chi connectivity index (χ2n) is 5.58. The molecule has 0 unspecified atom stereocenters. The van der Waals surface area contributed by atoms with Gasteiger partial charge in [0, 0.05) is 24.9 Å². The number of nitrogens with zero attached hydrogens (tertiary/aromatic N) is 1. The Morgan fingerprint density at radius 3 is 2.45 bits per heavy atom. The van der Waals surface area contributed by atoms with Crippen molar-refractivity contribution >= 4 is 15.8 Å². The lowest BCUT2D eigenvalue weighted by atomic mass is 10.0. The Kier molecular flexibility index (Phi) is 3.06. The van der Waals surface area contributed by atoms with Crippen LogP contribution in [0.5, 0.6) is 0 Å². The number of sulfonamides is 1. The molecule has 0 aromatic heterocycles. The molecule has 1 aromatic carbocycles. The normalized spacial score (nSPS) is 26.7.